The molecule has 1 rings (SSSR count). The van der Waals surface area contributed by atoms with Gasteiger partial charge < -0.3 is 10.1 Å². The lowest BCUT2D eigenvalue weighted by atomic mass is 10.4. The summed E-state index contributed by atoms with van der Waals surface area (Å²) in [5.74, 6) is 0. The Morgan fingerprint density at radius 1 is 1.78 bits per heavy atom. The first-order chi connectivity index (χ1) is 4.33. The van der Waals surface area contributed by atoms with Gasteiger partial charge in [-0.3, -0.25) is 0 Å². The van der Waals surface area contributed by atoms with Crippen LogP contribution < -0.4 is 5.69 Å². The van der Waals surface area contributed by atoms with Crippen LogP contribution in [0.3, 0.4) is 0 Å². The highest BCUT2D eigenvalue weighted by Crippen LogP contribution is 1.84. The number of aromatic amines is 1. The summed E-state index contributed by atoms with van der Waals surface area (Å²) in [7, 11) is 0. The summed E-state index contributed by atoms with van der Waals surface area (Å²) in [6.45, 7) is -0.191. The number of H-pyrrole nitrogens is 1. The van der Waals surface area contributed by atoms with Crippen LogP contribution >= 0.6 is 0 Å². The van der Waals surface area contributed by atoms with Gasteiger partial charge in [-0.2, -0.15) is 4.98 Å². The lowest BCUT2D eigenvalue weighted by Gasteiger charge is -1.88. The summed E-state index contributed by atoms with van der Waals surface area (Å²) in [5, 5.41) is 8.45. The fraction of sp³-hybridized carbons (Fsp3) is 0.200. The van der Waals surface area contributed by atoms with E-state index >= 15 is 0 Å². The zero-order chi connectivity index (χ0) is 6.69. The van der Waals surface area contributed by atoms with E-state index in [9.17, 15) is 4.79 Å². The number of hydrogen-bond acceptors (Lipinski definition) is 3. The van der Waals surface area contributed by atoms with Crippen molar-refractivity contribution in [2.45, 2.75) is 6.61 Å². The van der Waals surface area contributed by atoms with Crippen LogP contribution in [0.4, 0.5) is 0 Å². The van der Waals surface area contributed by atoms with Crippen molar-refractivity contribution in [3.63, 3.8) is 0 Å². The third-order valence-electron chi connectivity index (χ3n) is 0.890. The first-order valence-corrected chi connectivity index (χ1v) is 2.48. The summed E-state index contributed by atoms with van der Waals surface area (Å²) >= 11 is 0. The normalized spacial score (nSPS) is 9.44. The molecule has 0 saturated carbocycles. The maximum absolute atomic E-state index is 10.4. The molecule has 4 heteroatoms. The maximum atomic E-state index is 10.4. The lowest BCUT2D eigenvalue weighted by molar-refractivity contribution is 0.276. The molecule has 48 valence electrons. The van der Waals surface area contributed by atoms with E-state index in [2.05, 4.69) is 9.97 Å². The van der Waals surface area contributed by atoms with Crippen LogP contribution in [-0.4, -0.2) is 15.1 Å². The van der Waals surface area contributed by atoms with Crippen LogP contribution in [0.25, 0.3) is 0 Å². The van der Waals surface area contributed by atoms with E-state index in [4.69, 9.17) is 5.11 Å². The number of rotatable bonds is 1. The summed E-state index contributed by atoms with van der Waals surface area (Å²) in [6.07, 6.45) is 1.45. The van der Waals surface area contributed by atoms with Crippen LogP contribution in [0, 0.1) is 0 Å². The number of hydrogen-bond donors (Lipinski definition) is 2. The fourth-order valence-electron chi connectivity index (χ4n) is 0.497. The zero-order valence-corrected chi connectivity index (χ0v) is 4.66. The molecule has 0 aliphatic rings. The Morgan fingerprint density at radius 3 is 3.00 bits per heavy atom. The Labute approximate surface area is 51.2 Å². The van der Waals surface area contributed by atoms with Crippen molar-refractivity contribution in [3.8, 4) is 0 Å². The van der Waals surface area contributed by atoms with Gasteiger partial charge in [0.2, 0.25) is 0 Å². The smallest absolute Gasteiger partial charge is 0.345 e. The Balaban J connectivity index is 3.08. The molecule has 0 fully saturated rings. The molecule has 0 spiro atoms. The Kier molecular flexibility index (Phi) is 1.60. The van der Waals surface area contributed by atoms with Gasteiger partial charge in [-0.1, -0.05) is 0 Å². The Morgan fingerprint density at radius 2 is 2.56 bits per heavy atom. The molecular formula is C5H6N2O2. The highest BCUT2D eigenvalue weighted by molar-refractivity contribution is 4.94. The summed E-state index contributed by atoms with van der Waals surface area (Å²) in [5.41, 5.74) is -0.0414. The molecule has 0 saturated heterocycles. The molecule has 0 amide bonds. The number of nitrogens with zero attached hydrogens (tertiary/aromatic N) is 1. The molecule has 0 aliphatic heterocycles. The van der Waals surface area contributed by atoms with E-state index in [1.54, 1.807) is 6.07 Å². The van der Waals surface area contributed by atoms with Gasteiger partial charge in [0.15, 0.2) is 0 Å². The van der Waals surface area contributed by atoms with E-state index < -0.39 is 5.69 Å². The monoisotopic (exact) mass is 126 g/mol. The topological polar surface area (TPSA) is 66.0 Å². The van der Waals surface area contributed by atoms with Crippen molar-refractivity contribution in [1.82, 2.24) is 9.97 Å². The Hall–Kier alpha value is -1.16. The number of aliphatic hydroxyl groups excluding tert-OH is 1. The van der Waals surface area contributed by atoms with Crippen LogP contribution in [0.15, 0.2) is 17.1 Å². The number of nitrogens with one attached hydrogen (secondary N) is 1. The predicted octanol–water partition coefficient (Wildman–Crippen LogP) is -0.738. The quantitative estimate of drug-likeness (QED) is 0.521. The molecule has 0 atom stereocenters. The van der Waals surface area contributed by atoms with Crippen molar-refractivity contribution in [2.24, 2.45) is 0 Å². The molecule has 0 bridgehead atoms. The molecule has 0 aliphatic carbocycles. The molecule has 0 aromatic carbocycles. The van der Waals surface area contributed by atoms with Crippen LogP contribution in [0.5, 0.6) is 0 Å². The summed E-state index contributed by atoms with van der Waals surface area (Å²) in [4.78, 5) is 16.1. The van der Waals surface area contributed by atoms with Crippen molar-refractivity contribution in [3.05, 3.63) is 28.4 Å². The van der Waals surface area contributed by atoms with Gasteiger partial charge in [0, 0.05) is 6.20 Å². The molecule has 2 N–H and O–H groups in total. The minimum atomic E-state index is -0.429. The molecule has 0 unspecified atom stereocenters. The van der Waals surface area contributed by atoms with E-state index in [0.29, 0.717) is 5.69 Å². The average Bonchev–Trinajstić information content (AvgIpc) is 1.88. The zero-order valence-electron chi connectivity index (χ0n) is 4.66. The van der Waals surface area contributed by atoms with Crippen molar-refractivity contribution < 1.29 is 5.11 Å². The third kappa shape index (κ3) is 1.36. The second kappa shape index (κ2) is 2.41. The Bertz CT molecular complexity index is 243. The van der Waals surface area contributed by atoms with Gasteiger partial charge in [0.25, 0.3) is 0 Å². The van der Waals surface area contributed by atoms with Gasteiger partial charge in [-0.05, 0) is 6.07 Å². The van der Waals surface area contributed by atoms with Crippen molar-refractivity contribution in [2.75, 3.05) is 0 Å². The SMILES string of the molecule is O=c1nc(CO)cc[nH]1. The molecule has 0 radical (unpaired) electrons. The molecule has 1 heterocycles. The van der Waals surface area contributed by atoms with Crippen molar-refractivity contribution in [1.29, 1.82) is 0 Å². The first kappa shape index (κ1) is 5.97. The van der Waals surface area contributed by atoms with Crippen molar-refractivity contribution >= 4 is 0 Å². The lowest BCUT2D eigenvalue weighted by Crippen LogP contribution is -2.10. The second-order valence-electron chi connectivity index (χ2n) is 1.54. The van der Waals surface area contributed by atoms with Crippen LogP contribution in [-0.2, 0) is 6.61 Å². The van der Waals surface area contributed by atoms with Gasteiger partial charge in [0.1, 0.15) is 0 Å². The third-order valence-corrected chi connectivity index (χ3v) is 0.890. The first-order valence-electron chi connectivity index (χ1n) is 2.48. The van der Waals surface area contributed by atoms with Crippen LogP contribution in [0.2, 0.25) is 0 Å². The second-order valence-corrected chi connectivity index (χ2v) is 1.54. The van der Waals surface area contributed by atoms with Gasteiger partial charge in [0.05, 0.1) is 12.3 Å². The average molecular weight is 126 g/mol. The molecular weight excluding hydrogens is 120 g/mol. The van der Waals surface area contributed by atoms with E-state index in [1.807, 2.05) is 0 Å². The van der Waals surface area contributed by atoms with Gasteiger partial charge in [-0.15, -0.1) is 0 Å². The molecule has 1 aromatic heterocycles. The van der Waals surface area contributed by atoms with Gasteiger partial charge in [-0.25, -0.2) is 4.79 Å². The summed E-state index contributed by atoms with van der Waals surface area (Å²) < 4.78 is 0. The molecule has 9 heavy (non-hydrogen) atoms. The van der Waals surface area contributed by atoms with Gasteiger partial charge >= 0.3 is 5.69 Å². The minimum absolute atomic E-state index is 0.191. The minimum Gasteiger partial charge on any atom is -0.390 e. The molecule has 4 nitrogen and oxygen atoms in total. The van der Waals surface area contributed by atoms with E-state index in [0.717, 1.165) is 0 Å². The van der Waals surface area contributed by atoms with Crippen LogP contribution in [0.1, 0.15) is 5.69 Å². The largest absolute Gasteiger partial charge is 0.390 e. The van der Waals surface area contributed by atoms with E-state index in [1.165, 1.54) is 6.20 Å². The number of aromatic nitrogens is 2. The van der Waals surface area contributed by atoms with E-state index in [-0.39, 0.29) is 6.61 Å². The summed E-state index contributed by atoms with van der Waals surface area (Å²) in [6, 6.07) is 1.54. The molecule has 1 aromatic rings. The highest BCUT2D eigenvalue weighted by Gasteiger charge is 1.88. The number of aliphatic hydroxyl groups is 1. The predicted molar refractivity (Wildman–Crippen MR) is 30.8 cm³/mol. The standard InChI is InChI=1S/C5H6N2O2/c8-3-4-1-2-6-5(9)7-4/h1-2,8H,3H2,(H,6,7,9). The highest BCUT2D eigenvalue weighted by atomic mass is 16.3. The maximum Gasteiger partial charge on any atom is 0.345 e. The fourth-order valence-corrected chi connectivity index (χ4v) is 0.497.